The standard InChI is InChI=1S/C20H33N3O2/c1-15(2)13-23-10-9-17(14-23)12-21-20(25)22-16(3)11-19(24)18-7-5-4-6-8-18/h4-8,15-17,19,24H,9-14H2,1-3H3,(H2,21,22,25). The number of hydrogen-bond acceptors (Lipinski definition) is 3. The maximum Gasteiger partial charge on any atom is 0.315 e. The lowest BCUT2D eigenvalue weighted by molar-refractivity contribution is 0.154. The quantitative estimate of drug-likeness (QED) is 0.677. The van der Waals surface area contributed by atoms with Crippen LogP contribution in [0.3, 0.4) is 0 Å². The van der Waals surface area contributed by atoms with Crippen molar-refractivity contribution in [3.05, 3.63) is 35.9 Å². The van der Waals surface area contributed by atoms with Gasteiger partial charge in [-0.05, 0) is 43.7 Å². The van der Waals surface area contributed by atoms with Crippen LogP contribution < -0.4 is 10.6 Å². The van der Waals surface area contributed by atoms with E-state index in [1.165, 1.54) is 0 Å². The highest BCUT2D eigenvalue weighted by Gasteiger charge is 2.23. The summed E-state index contributed by atoms with van der Waals surface area (Å²) in [5.41, 5.74) is 0.882. The van der Waals surface area contributed by atoms with Crippen molar-refractivity contribution in [1.82, 2.24) is 15.5 Å². The number of aliphatic hydroxyl groups excluding tert-OH is 1. The molecular formula is C20H33N3O2. The summed E-state index contributed by atoms with van der Waals surface area (Å²) in [6, 6.07) is 9.32. The molecule has 0 spiro atoms. The van der Waals surface area contributed by atoms with Crippen molar-refractivity contribution < 1.29 is 9.90 Å². The van der Waals surface area contributed by atoms with E-state index < -0.39 is 6.10 Å². The van der Waals surface area contributed by atoms with E-state index in [1.54, 1.807) is 0 Å². The maximum atomic E-state index is 12.1. The summed E-state index contributed by atoms with van der Waals surface area (Å²) in [5.74, 6) is 1.22. The number of amides is 2. The Bertz CT molecular complexity index is 521. The molecule has 1 fully saturated rings. The molecule has 1 saturated heterocycles. The van der Waals surface area contributed by atoms with E-state index >= 15 is 0 Å². The van der Waals surface area contributed by atoms with Crippen molar-refractivity contribution in [2.24, 2.45) is 11.8 Å². The lowest BCUT2D eigenvalue weighted by Crippen LogP contribution is -2.43. The number of hydrogen-bond donors (Lipinski definition) is 3. The Morgan fingerprint density at radius 1 is 1.28 bits per heavy atom. The summed E-state index contributed by atoms with van der Waals surface area (Å²) in [7, 11) is 0. The molecule has 0 radical (unpaired) electrons. The molecule has 1 aliphatic heterocycles. The number of urea groups is 1. The van der Waals surface area contributed by atoms with Crippen LogP contribution in [0.5, 0.6) is 0 Å². The van der Waals surface area contributed by atoms with Gasteiger partial charge in [-0.25, -0.2) is 4.79 Å². The van der Waals surface area contributed by atoms with Crippen LogP contribution in [0.1, 0.15) is 45.3 Å². The van der Waals surface area contributed by atoms with Crippen molar-refractivity contribution in [2.75, 3.05) is 26.2 Å². The number of nitrogens with one attached hydrogen (secondary N) is 2. The minimum atomic E-state index is -0.559. The van der Waals surface area contributed by atoms with Crippen LogP contribution in [0.25, 0.3) is 0 Å². The average molecular weight is 348 g/mol. The van der Waals surface area contributed by atoms with Crippen molar-refractivity contribution in [2.45, 2.75) is 45.8 Å². The number of nitrogens with zero attached hydrogens (tertiary/aromatic N) is 1. The van der Waals surface area contributed by atoms with Gasteiger partial charge in [-0.15, -0.1) is 0 Å². The molecule has 25 heavy (non-hydrogen) atoms. The molecule has 3 unspecified atom stereocenters. The van der Waals surface area contributed by atoms with Crippen molar-refractivity contribution in [3.8, 4) is 0 Å². The first-order chi connectivity index (χ1) is 11.9. The van der Waals surface area contributed by atoms with E-state index in [4.69, 9.17) is 0 Å². The van der Waals surface area contributed by atoms with Crippen LogP contribution in [0, 0.1) is 11.8 Å². The predicted octanol–water partition coefficient (Wildman–Crippen LogP) is 2.78. The molecule has 0 saturated carbocycles. The lowest BCUT2D eigenvalue weighted by atomic mass is 10.0. The number of likely N-dealkylation sites (tertiary alicyclic amines) is 1. The smallest absolute Gasteiger partial charge is 0.315 e. The zero-order chi connectivity index (χ0) is 18.2. The predicted molar refractivity (Wildman–Crippen MR) is 101 cm³/mol. The van der Waals surface area contributed by atoms with Crippen LogP contribution in [0.2, 0.25) is 0 Å². The normalized spacial score (nSPS) is 20.4. The van der Waals surface area contributed by atoms with Gasteiger partial charge in [0.2, 0.25) is 0 Å². The molecule has 3 atom stereocenters. The van der Waals surface area contributed by atoms with E-state index in [0.29, 0.717) is 24.8 Å². The third kappa shape index (κ3) is 7.04. The third-order valence-corrected chi connectivity index (χ3v) is 4.68. The number of rotatable bonds is 8. The highest BCUT2D eigenvalue weighted by atomic mass is 16.3. The molecule has 2 rings (SSSR count). The van der Waals surface area contributed by atoms with Gasteiger partial charge in [0.15, 0.2) is 0 Å². The van der Waals surface area contributed by atoms with Gasteiger partial charge in [-0.3, -0.25) is 0 Å². The fourth-order valence-electron chi connectivity index (χ4n) is 3.48. The largest absolute Gasteiger partial charge is 0.388 e. The zero-order valence-electron chi connectivity index (χ0n) is 15.7. The molecule has 1 aromatic rings. The first kappa shape index (κ1) is 19.7. The Morgan fingerprint density at radius 3 is 2.68 bits per heavy atom. The SMILES string of the molecule is CC(C)CN1CCC(CNC(=O)NC(C)CC(O)c2ccccc2)C1. The topological polar surface area (TPSA) is 64.6 Å². The molecule has 1 heterocycles. The van der Waals surface area contributed by atoms with Gasteiger partial charge in [-0.2, -0.15) is 0 Å². The second kappa shape index (κ2) is 9.78. The Kier molecular flexibility index (Phi) is 7.72. The first-order valence-electron chi connectivity index (χ1n) is 9.43. The number of carbonyl (C=O) groups excluding carboxylic acids is 1. The summed E-state index contributed by atoms with van der Waals surface area (Å²) in [4.78, 5) is 14.5. The molecule has 0 bridgehead atoms. The van der Waals surface area contributed by atoms with E-state index in [2.05, 4.69) is 29.4 Å². The van der Waals surface area contributed by atoms with Crippen LogP contribution >= 0.6 is 0 Å². The van der Waals surface area contributed by atoms with Gasteiger partial charge in [0.05, 0.1) is 6.10 Å². The van der Waals surface area contributed by atoms with E-state index in [0.717, 1.165) is 31.6 Å². The van der Waals surface area contributed by atoms with Crippen LogP contribution in [0.4, 0.5) is 4.79 Å². The summed E-state index contributed by atoms with van der Waals surface area (Å²) in [6.45, 7) is 10.5. The summed E-state index contributed by atoms with van der Waals surface area (Å²) >= 11 is 0. The Labute approximate surface area is 151 Å². The van der Waals surface area contributed by atoms with E-state index in [1.807, 2.05) is 37.3 Å². The highest BCUT2D eigenvalue weighted by molar-refractivity contribution is 5.74. The number of benzene rings is 1. The second-order valence-electron chi connectivity index (χ2n) is 7.73. The Morgan fingerprint density at radius 2 is 2.00 bits per heavy atom. The highest BCUT2D eigenvalue weighted by Crippen LogP contribution is 2.18. The van der Waals surface area contributed by atoms with Crippen LogP contribution in [0.15, 0.2) is 30.3 Å². The van der Waals surface area contributed by atoms with Gasteiger partial charge in [0.1, 0.15) is 0 Å². The maximum absolute atomic E-state index is 12.1. The fraction of sp³-hybridized carbons (Fsp3) is 0.650. The summed E-state index contributed by atoms with van der Waals surface area (Å²) < 4.78 is 0. The molecule has 5 nitrogen and oxygen atoms in total. The number of carbonyl (C=O) groups is 1. The van der Waals surface area contributed by atoms with Gasteiger partial charge in [0, 0.05) is 25.7 Å². The van der Waals surface area contributed by atoms with Crippen molar-refractivity contribution in [1.29, 1.82) is 0 Å². The third-order valence-electron chi connectivity index (χ3n) is 4.68. The minimum Gasteiger partial charge on any atom is -0.388 e. The lowest BCUT2D eigenvalue weighted by Gasteiger charge is -2.20. The van der Waals surface area contributed by atoms with Crippen LogP contribution in [-0.2, 0) is 0 Å². The van der Waals surface area contributed by atoms with Crippen LogP contribution in [-0.4, -0.2) is 48.3 Å². The molecule has 0 aliphatic carbocycles. The van der Waals surface area contributed by atoms with Crippen molar-refractivity contribution in [3.63, 3.8) is 0 Å². The van der Waals surface area contributed by atoms with E-state index in [9.17, 15) is 9.90 Å². The summed E-state index contributed by atoms with van der Waals surface area (Å²) in [6.07, 6.45) is 1.09. The molecule has 1 aliphatic rings. The molecule has 0 aromatic heterocycles. The van der Waals surface area contributed by atoms with E-state index in [-0.39, 0.29) is 12.1 Å². The number of aliphatic hydroxyl groups is 1. The van der Waals surface area contributed by atoms with Gasteiger partial charge >= 0.3 is 6.03 Å². The first-order valence-corrected chi connectivity index (χ1v) is 9.43. The zero-order valence-corrected chi connectivity index (χ0v) is 15.7. The molecule has 140 valence electrons. The Balaban J connectivity index is 1.65. The van der Waals surface area contributed by atoms with Gasteiger partial charge in [0.25, 0.3) is 0 Å². The Hall–Kier alpha value is -1.59. The summed E-state index contributed by atoms with van der Waals surface area (Å²) in [5, 5.41) is 16.1. The fourth-order valence-corrected chi connectivity index (χ4v) is 3.48. The van der Waals surface area contributed by atoms with Gasteiger partial charge in [-0.1, -0.05) is 44.2 Å². The van der Waals surface area contributed by atoms with Gasteiger partial charge < -0.3 is 20.6 Å². The second-order valence-corrected chi connectivity index (χ2v) is 7.73. The molecule has 3 N–H and O–H groups in total. The molecular weight excluding hydrogens is 314 g/mol. The molecule has 1 aromatic carbocycles. The molecule has 2 amide bonds. The van der Waals surface area contributed by atoms with Crippen molar-refractivity contribution >= 4 is 6.03 Å². The monoisotopic (exact) mass is 347 g/mol. The average Bonchev–Trinajstić information content (AvgIpc) is 3.00. The molecule has 5 heteroatoms. The minimum absolute atomic E-state index is 0.0868.